The highest BCUT2D eigenvalue weighted by Gasteiger charge is 1.66. The molecular weight excluding hydrogens is 66.0 g/mol. The van der Waals surface area contributed by atoms with Crippen molar-refractivity contribution in [3.63, 3.8) is 0 Å². The van der Waals surface area contributed by atoms with Crippen molar-refractivity contribution >= 4 is 0 Å². The minimum Gasteiger partial charge on any atom is -0.395 e. The van der Waals surface area contributed by atoms with E-state index in [2.05, 4.69) is 0 Å². The Balaban J connectivity index is 3.66. The average Bonchev–Trinajstić information content (AvgIpc) is 1.68. The van der Waals surface area contributed by atoms with Crippen LogP contribution in [0.15, 0.2) is 0 Å². The molecule has 0 heterocycles. The highest BCUT2D eigenvalue weighted by Crippen LogP contribution is 1.62. The Morgan fingerprint density at radius 3 is 2.80 bits per heavy atom. The third-order valence-corrected chi connectivity index (χ3v) is 0.158. The van der Waals surface area contributed by atoms with Crippen LogP contribution >= 0.6 is 0 Å². The Kier molecular flexibility index (Phi) is 1.23. The first kappa shape index (κ1) is 1.78. The van der Waals surface area contributed by atoms with Crippen molar-refractivity contribution < 1.29 is 7.85 Å². The van der Waals surface area contributed by atoms with Gasteiger partial charge in [-0.25, -0.2) is 0 Å². The molecule has 0 saturated carbocycles. The Bertz CT molecular complexity index is 95.6. The first-order valence-corrected chi connectivity index (χ1v) is 1.14. The molecule has 0 aromatic rings. The van der Waals surface area contributed by atoms with Crippen LogP contribution in [-0.4, -0.2) is 11.7 Å². The van der Waals surface area contributed by atoms with Crippen LogP contribution < -0.4 is 0 Å². The Morgan fingerprint density at radius 2 is 2.80 bits per heavy atom. The van der Waals surface area contributed by atoms with E-state index >= 15 is 0 Å². The molecule has 0 aliphatic heterocycles. The number of hydrogen-bond donors (Lipinski definition) is 1. The second-order valence-corrected chi connectivity index (χ2v) is 0.447. The van der Waals surface area contributed by atoms with Gasteiger partial charge in [-0.3, -0.25) is 0 Å². The number of nitriles is 1. The molecule has 0 fully saturated rings. The molecule has 0 rings (SSSR count). The third kappa shape index (κ3) is 3.45. The molecule has 0 aromatic carbocycles. The van der Waals surface area contributed by atoms with Crippen molar-refractivity contribution in [1.82, 2.24) is 0 Å². The maximum absolute atomic E-state index is 8.00. The molecule has 0 unspecified atom stereocenters. The van der Waals surface area contributed by atoms with Crippen molar-refractivity contribution in [2.24, 2.45) is 0 Å². The van der Waals surface area contributed by atoms with Crippen LogP contribution in [-0.2, 0) is 0 Å². The molecule has 2 heteroatoms. The number of hydrogen-bond acceptors (Lipinski definition) is 2. The van der Waals surface area contributed by atoms with Gasteiger partial charge >= 0.3 is 0 Å². The highest BCUT2D eigenvalue weighted by atomic mass is 16.2. The fourth-order valence-electron chi connectivity index (χ4n) is 0.0354. The van der Waals surface area contributed by atoms with Crippen molar-refractivity contribution in [1.29, 1.82) is 5.26 Å². The van der Waals surface area contributed by atoms with Crippen LogP contribution in [0.4, 0.5) is 0 Å². The standard InChI is InChI=1S/C3H5NO/c4-2-1-3-5/h5H,1,3H2/i1D2. The molecule has 0 aliphatic rings. The summed E-state index contributed by atoms with van der Waals surface area (Å²) < 4.78 is 13.0. The first-order valence-electron chi connectivity index (χ1n) is 2.14. The van der Waals surface area contributed by atoms with Gasteiger partial charge in [0.05, 0.1) is 19.0 Å². The van der Waals surface area contributed by atoms with Gasteiger partial charge in [0, 0.05) is 2.74 Å². The summed E-state index contributed by atoms with van der Waals surface area (Å²) in [6, 6.07) is 1.27. The quantitative estimate of drug-likeness (QED) is 0.470. The zero-order valence-electron chi connectivity index (χ0n) is 4.60. The average molecular weight is 73.1 g/mol. The largest absolute Gasteiger partial charge is 0.395 e. The lowest BCUT2D eigenvalue weighted by molar-refractivity contribution is 0.304. The number of rotatable bonds is 1. The molecule has 0 atom stereocenters. The number of aliphatic hydroxyl groups excluding tert-OH is 1. The predicted octanol–water partition coefficient (Wildman–Crippen LogP) is -0.108. The maximum Gasteiger partial charge on any atom is 0.0645 e. The van der Waals surface area contributed by atoms with Crippen LogP contribution in [0.25, 0.3) is 0 Å². The molecule has 0 amide bonds. The van der Waals surface area contributed by atoms with Crippen LogP contribution in [0.5, 0.6) is 0 Å². The minimum atomic E-state index is -2.06. The van der Waals surface area contributed by atoms with Gasteiger partial charge < -0.3 is 5.11 Å². The Labute approximate surface area is 33.5 Å². The van der Waals surface area contributed by atoms with Crippen LogP contribution in [0.2, 0.25) is 0 Å². The second-order valence-electron chi connectivity index (χ2n) is 0.447. The van der Waals surface area contributed by atoms with E-state index in [-0.39, 0.29) is 0 Å². The fraction of sp³-hybridized carbons (Fsp3) is 0.667. The normalized spacial score (nSPS) is 15.2. The molecule has 5 heavy (non-hydrogen) atoms. The lowest BCUT2D eigenvalue weighted by atomic mass is 10.5. The van der Waals surface area contributed by atoms with Gasteiger partial charge in [0.15, 0.2) is 0 Å². The van der Waals surface area contributed by atoms with E-state index in [1.165, 1.54) is 6.07 Å². The van der Waals surface area contributed by atoms with Gasteiger partial charge in [0.25, 0.3) is 0 Å². The molecule has 1 N–H and O–H groups in total. The molecule has 0 aliphatic carbocycles. The molecule has 2 nitrogen and oxygen atoms in total. The lowest BCUT2D eigenvalue weighted by Crippen LogP contribution is -1.72. The zero-order chi connectivity index (χ0) is 5.91. The summed E-state index contributed by atoms with van der Waals surface area (Å²) in [5, 5.41) is 15.8. The number of aliphatic hydroxyl groups is 1. The fourth-order valence-corrected chi connectivity index (χ4v) is 0.0354. The third-order valence-electron chi connectivity index (χ3n) is 0.158. The smallest absolute Gasteiger partial charge is 0.0645 e. The van der Waals surface area contributed by atoms with Crippen molar-refractivity contribution in [2.75, 3.05) is 6.61 Å². The van der Waals surface area contributed by atoms with Crippen LogP contribution in [0.3, 0.4) is 0 Å². The van der Waals surface area contributed by atoms with E-state index in [0.717, 1.165) is 0 Å². The van der Waals surface area contributed by atoms with Gasteiger partial charge in [-0.15, -0.1) is 0 Å². The van der Waals surface area contributed by atoms with Crippen molar-refractivity contribution in [3.8, 4) is 6.07 Å². The molecular formula is C3H5NO. The monoisotopic (exact) mass is 73.0 g/mol. The van der Waals surface area contributed by atoms with E-state index in [1.54, 1.807) is 0 Å². The van der Waals surface area contributed by atoms with E-state index in [9.17, 15) is 0 Å². The predicted molar refractivity (Wildman–Crippen MR) is 17.3 cm³/mol. The number of nitrogens with zero attached hydrogens (tertiary/aromatic N) is 1. The molecule has 0 radical (unpaired) electrons. The molecule has 0 saturated heterocycles. The lowest BCUT2D eigenvalue weighted by Gasteiger charge is -1.67. The summed E-state index contributed by atoms with van der Waals surface area (Å²) in [4.78, 5) is 0. The van der Waals surface area contributed by atoms with Gasteiger partial charge in [-0.1, -0.05) is 0 Å². The summed E-state index contributed by atoms with van der Waals surface area (Å²) in [6.07, 6.45) is -2.06. The van der Waals surface area contributed by atoms with Crippen LogP contribution in [0.1, 0.15) is 9.11 Å². The minimum absolute atomic E-state index is 0.733. The second kappa shape index (κ2) is 3.45. The summed E-state index contributed by atoms with van der Waals surface area (Å²) in [7, 11) is 0. The van der Waals surface area contributed by atoms with E-state index in [0.29, 0.717) is 0 Å². The topological polar surface area (TPSA) is 44.0 Å². The van der Waals surface area contributed by atoms with E-state index in [4.69, 9.17) is 13.1 Å². The summed E-state index contributed by atoms with van der Waals surface area (Å²) >= 11 is 0. The molecule has 0 spiro atoms. The maximum atomic E-state index is 8.00. The van der Waals surface area contributed by atoms with Gasteiger partial charge in [0.1, 0.15) is 0 Å². The Morgan fingerprint density at radius 1 is 2.20 bits per heavy atom. The first-order chi connectivity index (χ1) is 3.12. The highest BCUT2D eigenvalue weighted by molar-refractivity contribution is 4.65. The van der Waals surface area contributed by atoms with Gasteiger partial charge in [0.2, 0.25) is 0 Å². The van der Waals surface area contributed by atoms with E-state index < -0.39 is 13.0 Å². The van der Waals surface area contributed by atoms with Gasteiger partial charge in [-0.05, 0) is 0 Å². The summed E-state index contributed by atoms with van der Waals surface area (Å²) in [6.45, 7) is -0.733. The van der Waals surface area contributed by atoms with Gasteiger partial charge in [-0.2, -0.15) is 5.26 Å². The summed E-state index contributed by atoms with van der Waals surface area (Å²) in [5.74, 6) is 0. The molecule has 28 valence electrons. The SMILES string of the molecule is [2H]C([2H])(C#N)CO. The van der Waals surface area contributed by atoms with Crippen molar-refractivity contribution in [3.05, 3.63) is 0 Å². The molecule has 0 bridgehead atoms. The zero-order valence-corrected chi connectivity index (χ0v) is 2.60. The Hall–Kier alpha value is -0.550. The van der Waals surface area contributed by atoms with Crippen molar-refractivity contribution in [2.45, 2.75) is 6.37 Å². The molecule has 0 aromatic heterocycles. The van der Waals surface area contributed by atoms with E-state index in [1.807, 2.05) is 0 Å². The van der Waals surface area contributed by atoms with Crippen LogP contribution in [0, 0.1) is 11.3 Å². The summed E-state index contributed by atoms with van der Waals surface area (Å²) in [5.41, 5.74) is 0.